The van der Waals surface area contributed by atoms with Crippen LogP contribution in [0.3, 0.4) is 0 Å². The first-order valence-electron chi connectivity index (χ1n) is 7.62. The van der Waals surface area contributed by atoms with E-state index in [9.17, 15) is 19.2 Å². The normalized spacial score (nSPS) is 20.0. The highest BCUT2D eigenvalue weighted by molar-refractivity contribution is 6.30. The van der Waals surface area contributed by atoms with E-state index in [1.807, 2.05) is 36.6 Å². The Morgan fingerprint density at radius 2 is 1.64 bits per heavy atom. The first kappa shape index (κ1) is 16.6. The van der Waals surface area contributed by atoms with Crippen molar-refractivity contribution in [2.45, 2.75) is 20.8 Å². The number of anilines is 1. The van der Waals surface area contributed by atoms with Crippen LogP contribution in [0.2, 0.25) is 0 Å². The zero-order valence-corrected chi connectivity index (χ0v) is 13.9. The molecule has 0 atom stereocenters. The Morgan fingerprint density at radius 1 is 1.00 bits per heavy atom. The van der Waals surface area contributed by atoms with Crippen LogP contribution < -0.4 is 15.6 Å². The van der Waals surface area contributed by atoms with Gasteiger partial charge in [0.2, 0.25) is 11.8 Å². The van der Waals surface area contributed by atoms with Crippen molar-refractivity contribution >= 4 is 35.2 Å². The highest BCUT2D eigenvalue weighted by Crippen LogP contribution is 2.26. The molecule has 2 aliphatic rings. The maximum absolute atomic E-state index is 12.7. The number of urea groups is 1. The second kappa shape index (κ2) is 5.97. The molecule has 1 aromatic rings. The van der Waals surface area contributed by atoms with E-state index in [1.54, 1.807) is 13.0 Å². The van der Waals surface area contributed by atoms with Crippen molar-refractivity contribution in [3.05, 3.63) is 41.0 Å². The van der Waals surface area contributed by atoms with Gasteiger partial charge in [-0.2, -0.15) is 10.1 Å². The van der Waals surface area contributed by atoms with Gasteiger partial charge >= 0.3 is 6.03 Å². The van der Waals surface area contributed by atoms with Crippen molar-refractivity contribution < 1.29 is 19.2 Å². The molecule has 25 heavy (non-hydrogen) atoms. The second-order valence-corrected chi connectivity index (χ2v) is 5.94. The number of imide groups is 2. The largest absolute Gasteiger partial charge is 0.328 e. The monoisotopic (exact) mass is 340 g/mol. The van der Waals surface area contributed by atoms with Crippen molar-refractivity contribution in [1.82, 2.24) is 10.6 Å². The Bertz CT molecular complexity index is 865. The first-order chi connectivity index (χ1) is 11.8. The molecule has 2 heterocycles. The molecule has 0 unspecified atom stereocenters. The summed E-state index contributed by atoms with van der Waals surface area (Å²) in [5, 5.41) is 9.46. The lowest BCUT2D eigenvalue weighted by Gasteiger charge is -2.18. The minimum absolute atomic E-state index is 0.155. The lowest BCUT2D eigenvalue weighted by atomic mass is 10.00. The van der Waals surface area contributed by atoms with E-state index < -0.39 is 29.7 Å². The van der Waals surface area contributed by atoms with Crippen LogP contribution in [-0.4, -0.2) is 29.5 Å². The van der Waals surface area contributed by atoms with E-state index in [0.29, 0.717) is 11.4 Å². The van der Waals surface area contributed by atoms with Crippen LogP contribution in [-0.2, 0) is 14.4 Å². The Hall–Kier alpha value is -3.29. The SMILES string of the molecule is CC1=NN(c2ccc(C)c(C)c2)C(=O)/C1=C/C1C(=O)NC(=O)NC1=O. The van der Waals surface area contributed by atoms with E-state index in [0.717, 1.165) is 11.1 Å². The van der Waals surface area contributed by atoms with Gasteiger partial charge < -0.3 is 0 Å². The van der Waals surface area contributed by atoms with Crippen LogP contribution in [0.25, 0.3) is 0 Å². The number of amides is 5. The number of hydrogen-bond donors (Lipinski definition) is 2. The van der Waals surface area contributed by atoms with Gasteiger partial charge in [0.15, 0.2) is 0 Å². The summed E-state index contributed by atoms with van der Waals surface area (Å²) in [5.41, 5.74) is 3.25. The first-order valence-corrected chi connectivity index (χ1v) is 7.62. The molecule has 8 nitrogen and oxygen atoms in total. The van der Waals surface area contributed by atoms with Crippen molar-refractivity contribution in [3.63, 3.8) is 0 Å². The summed E-state index contributed by atoms with van der Waals surface area (Å²) in [6, 6.07) is 4.63. The zero-order valence-electron chi connectivity index (χ0n) is 13.9. The second-order valence-electron chi connectivity index (χ2n) is 5.94. The number of rotatable bonds is 2. The third-order valence-electron chi connectivity index (χ3n) is 4.17. The quantitative estimate of drug-likeness (QED) is 0.617. The van der Waals surface area contributed by atoms with Crippen LogP contribution in [0.1, 0.15) is 18.1 Å². The molecule has 1 aromatic carbocycles. The van der Waals surface area contributed by atoms with Crippen LogP contribution in [0, 0.1) is 19.8 Å². The molecular formula is C17H16N4O4. The molecule has 0 radical (unpaired) electrons. The Balaban J connectivity index is 1.92. The highest BCUT2D eigenvalue weighted by Gasteiger charge is 2.36. The van der Waals surface area contributed by atoms with Crippen molar-refractivity contribution in [3.8, 4) is 0 Å². The molecule has 0 saturated carbocycles. The fourth-order valence-electron chi connectivity index (χ4n) is 2.59. The van der Waals surface area contributed by atoms with Gasteiger partial charge in [-0.1, -0.05) is 6.07 Å². The summed E-state index contributed by atoms with van der Waals surface area (Å²) in [7, 11) is 0. The fourth-order valence-corrected chi connectivity index (χ4v) is 2.59. The molecule has 0 aliphatic carbocycles. The molecule has 0 aromatic heterocycles. The summed E-state index contributed by atoms with van der Waals surface area (Å²) in [6.45, 7) is 5.52. The minimum Gasteiger partial charge on any atom is -0.277 e. The summed E-state index contributed by atoms with van der Waals surface area (Å²) < 4.78 is 0. The van der Waals surface area contributed by atoms with E-state index in [-0.39, 0.29) is 5.57 Å². The standard InChI is InChI=1S/C17H16N4O4/c1-8-4-5-11(6-9(8)2)21-16(24)12(10(3)20-21)7-13-14(22)18-17(25)19-15(13)23/h4-7,13H,1-3H3,(H2,18,19,22,23,25)/b12-7+. The topological polar surface area (TPSA) is 108 Å². The van der Waals surface area contributed by atoms with Crippen LogP contribution >= 0.6 is 0 Å². The van der Waals surface area contributed by atoms with E-state index in [4.69, 9.17) is 0 Å². The summed E-state index contributed by atoms with van der Waals surface area (Å²) >= 11 is 0. The molecule has 2 N–H and O–H groups in total. The molecule has 0 spiro atoms. The molecule has 3 rings (SSSR count). The number of aryl methyl sites for hydroxylation is 2. The number of nitrogens with one attached hydrogen (secondary N) is 2. The summed E-state index contributed by atoms with van der Waals surface area (Å²) in [6.07, 6.45) is 1.24. The number of nitrogens with zero attached hydrogens (tertiary/aromatic N) is 2. The summed E-state index contributed by atoms with van der Waals surface area (Å²) in [5.74, 6) is -3.24. The van der Waals surface area contributed by atoms with E-state index >= 15 is 0 Å². The molecular weight excluding hydrogens is 324 g/mol. The third kappa shape index (κ3) is 2.93. The van der Waals surface area contributed by atoms with Crippen molar-refractivity contribution in [1.29, 1.82) is 0 Å². The van der Waals surface area contributed by atoms with Crippen LogP contribution in [0.4, 0.5) is 10.5 Å². The molecule has 2 aliphatic heterocycles. The highest BCUT2D eigenvalue weighted by atomic mass is 16.2. The van der Waals surface area contributed by atoms with Gasteiger partial charge in [0.1, 0.15) is 5.92 Å². The van der Waals surface area contributed by atoms with Crippen molar-refractivity contribution in [2.24, 2.45) is 11.0 Å². The average molecular weight is 340 g/mol. The van der Waals surface area contributed by atoms with Gasteiger partial charge in [0, 0.05) is 0 Å². The maximum atomic E-state index is 12.7. The molecule has 0 bridgehead atoms. The maximum Gasteiger partial charge on any atom is 0.328 e. The predicted molar refractivity (Wildman–Crippen MR) is 89.8 cm³/mol. The Kier molecular flexibility index (Phi) is 3.96. The number of hydrazone groups is 1. The van der Waals surface area contributed by atoms with Gasteiger partial charge in [0.25, 0.3) is 5.91 Å². The lowest BCUT2D eigenvalue weighted by Crippen LogP contribution is -2.55. The molecule has 1 saturated heterocycles. The summed E-state index contributed by atoms with van der Waals surface area (Å²) in [4.78, 5) is 47.5. The molecule has 5 amide bonds. The Labute approximate surface area is 143 Å². The third-order valence-corrected chi connectivity index (χ3v) is 4.17. The van der Waals surface area contributed by atoms with E-state index in [2.05, 4.69) is 5.10 Å². The number of barbiturate groups is 1. The zero-order chi connectivity index (χ0) is 18.3. The molecule has 8 heteroatoms. The predicted octanol–water partition coefficient (Wildman–Crippen LogP) is 0.935. The number of carbonyl (C=O) groups excluding carboxylic acids is 4. The Morgan fingerprint density at radius 3 is 2.24 bits per heavy atom. The van der Waals surface area contributed by atoms with Gasteiger partial charge in [0.05, 0.1) is 17.0 Å². The van der Waals surface area contributed by atoms with Crippen LogP contribution in [0.15, 0.2) is 34.9 Å². The smallest absolute Gasteiger partial charge is 0.277 e. The van der Waals surface area contributed by atoms with E-state index in [1.165, 1.54) is 11.1 Å². The average Bonchev–Trinajstić information content (AvgIpc) is 2.81. The van der Waals surface area contributed by atoms with Gasteiger partial charge in [-0.25, -0.2) is 4.79 Å². The van der Waals surface area contributed by atoms with Gasteiger partial charge in [-0.15, -0.1) is 0 Å². The molecule has 128 valence electrons. The lowest BCUT2D eigenvalue weighted by molar-refractivity contribution is -0.133. The molecule has 1 fully saturated rings. The van der Waals surface area contributed by atoms with Crippen LogP contribution in [0.5, 0.6) is 0 Å². The number of benzene rings is 1. The minimum atomic E-state index is -1.26. The fraction of sp³-hybridized carbons (Fsp3) is 0.235. The van der Waals surface area contributed by atoms with Crippen molar-refractivity contribution in [2.75, 3.05) is 5.01 Å². The van der Waals surface area contributed by atoms with Gasteiger partial charge in [-0.05, 0) is 50.1 Å². The number of carbonyl (C=O) groups is 4. The van der Waals surface area contributed by atoms with Gasteiger partial charge in [-0.3, -0.25) is 25.0 Å². The number of hydrogen-bond acceptors (Lipinski definition) is 5.